The summed E-state index contributed by atoms with van der Waals surface area (Å²) in [4.78, 5) is 0.118. The number of nitrogens with zero attached hydrogens (tertiary/aromatic N) is 1. The van der Waals surface area contributed by atoms with Crippen LogP contribution in [0.15, 0.2) is 40.0 Å². The molecule has 1 aromatic carbocycles. The zero-order valence-corrected chi connectivity index (χ0v) is 10.9. The number of hydrogen-bond donors (Lipinski definition) is 3. The topological polar surface area (TPSA) is 101 Å². The Labute approximate surface area is 106 Å². The number of nitrogen functional groups attached to an aromatic ring is 1. The van der Waals surface area contributed by atoms with Crippen LogP contribution in [-0.4, -0.2) is 18.6 Å². The zero-order valence-electron chi connectivity index (χ0n) is 8.51. The molecule has 8 heteroatoms. The van der Waals surface area contributed by atoms with E-state index in [1.807, 2.05) is 0 Å². The molecule has 0 bridgehead atoms. The Morgan fingerprint density at radius 2 is 2.18 bits per heavy atom. The van der Waals surface area contributed by atoms with Gasteiger partial charge < -0.3 is 5.73 Å². The molecule has 1 aromatic heterocycles. The van der Waals surface area contributed by atoms with Crippen LogP contribution in [0.5, 0.6) is 0 Å². The molecule has 0 aliphatic rings. The highest BCUT2D eigenvalue weighted by Gasteiger charge is 2.18. The summed E-state index contributed by atoms with van der Waals surface area (Å²) in [5.74, 6) is 0. The molecule has 90 valence electrons. The van der Waals surface area contributed by atoms with Gasteiger partial charge in [-0.05, 0) is 34.1 Å². The van der Waals surface area contributed by atoms with Gasteiger partial charge in [-0.3, -0.25) is 9.82 Å². The van der Waals surface area contributed by atoms with Crippen molar-refractivity contribution >= 4 is 37.3 Å². The Kier molecular flexibility index (Phi) is 3.07. The third-order valence-corrected chi connectivity index (χ3v) is 4.35. The number of benzene rings is 1. The second-order valence-electron chi connectivity index (χ2n) is 3.28. The van der Waals surface area contributed by atoms with Gasteiger partial charge in [-0.1, -0.05) is 0 Å². The van der Waals surface area contributed by atoms with Crippen molar-refractivity contribution in [2.75, 3.05) is 10.5 Å². The predicted octanol–water partition coefficient (Wildman–Crippen LogP) is 1.56. The normalized spacial score (nSPS) is 11.4. The van der Waals surface area contributed by atoms with Crippen LogP contribution in [0, 0.1) is 0 Å². The number of halogens is 1. The molecule has 0 amide bonds. The molecule has 0 atom stereocenters. The van der Waals surface area contributed by atoms with E-state index < -0.39 is 10.0 Å². The third kappa shape index (κ3) is 2.59. The summed E-state index contributed by atoms with van der Waals surface area (Å²) >= 11 is 3.16. The second kappa shape index (κ2) is 4.38. The van der Waals surface area contributed by atoms with E-state index in [0.29, 0.717) is 15.8 Å². The van der Waals surface area contributed by atoms with Crippen LogP contribution in [0.25, 0.3) is 0 Å². The van der Waals surface area contributed by atoms with Crippen LogP contribution in [0.4, 0.5) is 11.4 Å². The highest BCUT2D eigenvalue weighted by molar-refractivity contribution is 9.10. The average molecular weight is 317 g/mol. The maximum atomic E-state index is 12.0. The minimum atomic E-state index is -3.64. The molecule has 17 heavy (non-hydrogen) atoms. The monoisotopic (exact) mass is 316 g/mol. The molecule has 2 aromatic rings. The van der Waals surface area contributed by atoms with E-state index in [4.69, 9.17) is 5.73 Å². The fourth-order valence-corrected chi connectivity index (χ4v) is 3.38. The number of aromatic nitrogens is 2. The van der Waals surface area contributed by atoms with E-state index in [1.165, 1.54) is 30.6 Å². The smallest absolute Gasteiger partial charge is 0.263 e. The van der Waals surface area contributed by atoms with Crippen LogP contribution >= 0.6 is 15.9 Å². The molecule has 6 nitrogen and oxygen atoms in total. The number of sulfonamides is 1. The Morgan fingerprint density at radius 1 is 1.41 bits per heavy atom. The molecule has 0 saturated carbocycles. The van der Waals surface area contributed by atoms with Gasteiger partial charge in [0, 0.05) is 16.4 Å². The molecule has 0 saturated heterocycles. The van der Waals surface area contributed by atoms with Gasteiger partial charge in [0.2, 0.25) is 0 Å². The maximum absolute atomic E-state index is 12.0. The first-order valence-corrected chi connectivity index (χ1v) is 6.83. The lowest BCUT2D eigenvalue weighted by atomic mass is 10.3. The van der Waals surface area contributed by atoms with E-state index in [0.717, 1.165) is 0 Å². The molecule has 0 spiro atoms. The Balaban J connectivity index is 2.38. The van der Waals surface area contributed by atoms with Crippen LogP contribution in [0.1, 0.15) is 0 Å². The quantitative estimate of drug-likeness (QED) is 0.748. The predicted molar refractivity (Wildman–Crippen MR) is 68.0 cm³/mol. The van der Waals surface area contributed by atoms with Gasteiger partial charge in [0.05, 0.1) is 11.9 Å². The van der Waals surface area contributed by atoms with E-state index in [-0.39, 0.29) is 4.90 Å². The van der Waals surface area contributed by atoms with E-state index in [2.05, 4.69) is 30.8 Å². The van der Waals surface area contributed by atoms with Gasteiger partial charge in [0.1, 0.15) is 4.90 Å². The standard InChI is InChI=1S/C9H9BrN4O2S/c10-8-3-6(11)1-2-9(8)17(15,16)14-7-4-12-13-5-7/h1-5,14H,11H2,(H,12,13). The summed E-state index contributed by atoms with van der Waals surface area (Å²) in [6.07, 6.45) is 2.82. The summed E-state index contributed by atoms with van der Waals surface area (Å²) in [6.45, 7) is 0. The number of nitrogens with two attached hydrogens (primary N) is 1. The Hall–Kier alpha value is -1.54. The minimum Gasteiger partial charge on any atom is -0.399 e. The van der Waals surface area contributed by atoms with Crippen LogP contribution in [-0.2, 0) is 10.0 Å². The molecular weight excluding hydrogens is 308 g/mol. The number of anilines is 2. The van der Waals surface area contributed by atoms with Crippen LogP contribution in [0.2, 0.25) is 0 Å². The summed E-state index contributed by atoms with van der Waals surface area (Å²) in [5, 5.41) is 6.17. The SMILES string of the molecule is Nc1ccc(S(=O)(=O)Nc2cn[nH]c2)c(Br)c1. The number of aromatic amines is 1. The fourth-order valence-electron chi connectivity index (χ4n) is 1.25. The lowest BCUT2D eigenvalue weighted by Crippen LogP contribution is -2.13. The fraction of sp³-hybridized carbons (Fsp3) is 0. The lowest BCUT2D eigenvalue weighted by molar-refractivity contribution is 0.601. The van der Waals surface area contributed by atoms with E-state index in [9.17, 15) is 8.42 Å². The van der Waals surface area contributed by atoms with Crippen molar-refractivity contribution in [1.82, 2.24) is 10.2 Å². The zero-order chi connectivity index (χ0) is 12.5. The molecule has 0 aliphatic carbocycles. The first-order chi connectivity index (χ1) is 7.99. The van der Waals surface area contributed by atoms with Gasteiger partial charge >= 0.3 is 0 Å². The summed E-state index contributed by atoms with van der Waals surface area (Å²) < 4.78 is 26.8. The first kappa shape index (κ1) is 11.9. The molecule has 2 rings (SSSR count). The molecule has 4 N–H and O–H groups in total. The molecule has 0 fully saturated rings. The van der Waals surface area contributed by atoms with Crippen molar-refractivity contribution in [1.29, 1.82) is 0 Å². The van der Waals surface area contributed by atoms with Crippen molar-refractivity contribution in [2.45, 2.75) is 4.90 Å². The minimum absolute atomic E-state index is 0.118. The average Bonchev–Trinajstić information content (AvgIpc) is 2.68. The van der Waals surface area contributed by atoms with Crippen molar-refractivity contribution in [3.05, 3.63) is 35.1 Å². The summed E-state index contributed by atoms with van der Waals surface area (Å²) in [6, 6.07) is 4.49. The van der Waals surface area contributed by atoms with Gasteiger partial charge in [0.25, 0.3) is 10.0 Å². The van der Waals surface area contributed by atoms with E-state index >= 15 is 0 Å². The maximum Gasteiger partial charge on any atom is 0.263 e. The highest BCUT2D eigenvalue weighted by atomic mass is 79.9. The molecule has 1 heterocycles. The number of rotatable bonds is 3. The number of H-pyrrole nitrogens is 1. The Bertz CT molecular complexity index is 624. The van der Waals surface area contributed by atoms with Crippen molar-refractivity contribution in [3.8, 4) is 0 Å². The van der Waals surface area contributed by atoms with E-state index in [1.54, 1.807) is 0 Å². The summed E-state index contributed by atoms with van der Waals surface area (Å²) in [7, 11) is -3.64. The van der Waals surface area contributed by atoms with Gasteiger partial charge in [-0.15, -0.1) is 0 Å². The molecular formula is C9H9BrN4O2S. The van der Waals surface area contributed by atoms with Crippen LogP contribution in [0.3, 0.4) is 0 Å². The Morgan fingerprint density at radius 3 is 2.76 bits per heavy atom. The lowest BCUT2D eigenvalue weighted by Gasteiger charge is -2.08. The number of hydrogen-bond acceptors (Lipinski definition) is 4. The third-order valence-electron chi connectivity index (χ3n) is 2.00. The van der Waals surface area contributed by atoms with Crippen molar-refractivity contribution < 1.29 is 8.42 Å². The van der Waals surface area contributed by atoms with Crippen molar-refractivity contribution in [2.24, 2.45) is 0 Å². The molecule has 0 unspecified atom stereocenters. The largest absolute Gasteiger partial charge is 0.399 e. The first-order valence-electron chi connectivity index (χ1n) is 4.56. The highest BCUT2D eigenvalue weighted by Crippen LogP contribution is 2.25. The molecule has 0 radical (unpaired) electrons. The van der Waals surface area contributed by atoms with Gasteiger partial charge in [0.15, 0.2) is 0 Å². The second-order valence-corrected chi connectivity index (χ2v) is 5.79. The molecule has 0 aliphatic heterocycles. The van der Waals surface area contributed by atoms with Gasteiger partial charge in [-0.2, -0.15) is 5.10 Å². The number of nitrogens with one attached hydrogen (secondary N) is 2. The van der Waals surface area contributed by atoms with Crippen molar-refractivity contribution in [3.63, 3.8) is 0 Å². The summed E-state index contributed by atoms with van der Waals surface area (Å²) in [5.41, 5.74) is 6.40. The van der Waals surface area contributed by atoms with Crippen LogP contribution < -0.4 is 10.5 Å². The van der Waals surface area contributed by atoms with Gasteiger partial charge in [-0.25, -0.2) is 8.42 Å².